The molecule has 0 atom stereocenters. The first-order valence-corrected chi connectivity index (χ1v) is 8.86. The highest BCUT2D eigenvalue weighted by atomic mass is 16.3. The third kappa shape index (κ3) is 2.63. The Morgan fingerprint density at radius 3 is 2.50 bits per heavy atom. The van der Waals surface area contributed by atoms with Crippen LogP contribution in [0.25, 0.3) is 0 Å². The number of benzene rings is 1. The summed E-state index contributed by atoms with van der Waals surface area (Å²) >= 11 is 0. The van der Waals surface area contributed by atoms with Gasteiger partial charge in [-0.05, 0) is 50.0 Å². The normalized spacial score (nSPS) is 30.0. The predicted molar refractivity (Wildman–Crippen MR) is 91.0 cm³/mol. The number of nitrogens with zero attached hydrogens (tertiary/aromatic N) is 3. The van der Waals surface area contributed by atoms with Gasteiger partial charge in [-0.1, -0.05) is 30.3 Å². The summed E-state index contributed by atoms with van der Waals surface area (Å²) in [6, 6.07) is 12.5. The number of nitriles is 1. The molecule has 0 spiro atoms. The second-order valence-electron chi connectivity index (χ2n) is 7.44. The fourth-order valence-corrected chi connectivity index (χ4v) is 3.98. The Kier molecular flexibility index (Phi) is 3.69. The number of hydrogen-bond acceptors (Lipinski definition) is 3. The summed E-state index contributed by atoms with van der Waals surface area (Å²) in [4.78, 5) is 4.47. The number of hydrogen-bond donors (Lipinski definition) is 1. The molecule has 0 bridgehead atoms. The third-order valence-electron chi connectivity index (χ3n) is 5.75. The summed E-state index contributed by atoms with van der Waals surface area (Å²) in [5.41, 5.74) is -0.328. The number of rotatable bonds is 4. The lowest BCUT2D eigenvalue weighted by molar-refractivity contribution is -0.0245. The molecule has 124 valence electrons. The molecule has 4 rings (SSSR count). The molecule has 4 nitrogen and oxygen atoms in total. The minimum atomic E-state index is -0.909. The van der Waals surface area contributed by atoms with E-state index in [1.165, 1.54) is 12.8 Å². The Hall–Kier alpha value is -2.12. The van der Waals surface area contributed by atoms with Crippen LogP contribution in [0.2, 0.25) is 0 Å². The Morgan fingerprint density at radius 2 is 1.88 bits per heavy atom. The van der Waals surface area contributed by atoms with Gasteiger partial charge in [0.2, 0.25) is 0 Å². The first-order valence-electron chi connectivity index (χ1n) is 8.86. The van der Waals surface area contributed by atoms with Crippen LogP contribution in [0.4, 0.5) is 0 Å². The molecule has 24 heavy (non-hydrogen) atoms. The maximum absolute atomic E-state index is 11.2. The van der Waals surface area contributed by atoms with Gasteiger partial charge in [0.1, 0.15) is 11.4 Å². The van der Waals surface area contributed by atoms with Crippen molar-refractivity contribution in [3.05, 3.63) is 54.1 Å². The van der Waals surface area contributed by atoms with Gasteiger partial charge in [-0.25, -0.2) is 4.98 Å². The smallest absolute Gasteiger partial charge is 0.140 e. The van der Waals surface area contributed by atoms with Gasteiger partial charge >= 0.3 is 0 Å². The van der Waals surface area contributed by atoms with E-state index in [2.05, 4.69) is 15.6 Å². The fraction of sp³-hybridized carbons (Fsp3) is 0.500. The summed E-state index contributed by atoms with van der Waals surface area (Å²) in [7, 11) is 0. The van der Waals surface area contributed by atoms with E-state index in [1.807, 2.05) is 36.5 Å². The van der Waals surface area contributed by atoms with E-state index in [9.17, 15) is 10.4 Å². The quantitative estimate of drug-likeness (QED) is 0.937. The summed E-state index contributed by atoms with van der Waals surface area (Å²) in [5.74, 6) is 1.53. The van der Waals surface area contributed by atoms with Crippen molar-refractivity contribution >= 4 is 0 Å². The van der Waals surface area contributed by atoms with Gasteiger partial charge in [0.05, 0.1) is 11.5 Å². The molecule has 2 fully saturated rings. The highest BCUT2D eigenvalue weighted by molar-refractivity contribution is 5.34. The van der Waals surface area contributed by atoms with Gasteiger partial charge < -0.3 is 9.67 Å². The van der Waals surface area contributed by atoms with Crippen molar-refractivity contribution < 1.29 is 5.11 Å². The van der Waals surface area contributed by atoms with Gasteiger partial charge in [-0.15, -0.1) is 0 Å². The highest BCUT2D eigenvalue weighted by Gasteiger charge is 2.46. The zero-order valence-electron chi connectivity index (χ0n) is 13.9. The summed E-state index contributed by atoms with van der Waals surface area (Å²) in [6.45, 7) is 0.958. The summed E-state index contributed by atoms with van der Waals surface area (Å²) in [5, 5.41) is 21.1. The van der Waals surface area contributed by atoms with Gasteiger partial charge in [0, 0.05) is 18.9 Å². The van der Waals surface area contributed by atoms with Gasteiger partial charge in [0.15, 0.2) is 0 Å². The van der Waals surface area contributed by atoms with E-state index in [-0.39, 0.29) is 0 Å². The SMILES string of the molecule is N#C[C@]1(c2ccccc2)CC[C@@](O)(c2nccn2CC2CC2)CC1. The standard InChI is InChI=1S/C20H23N3O/c21-15-19(17-4-2-1-3-5-17)8-10-20(24,11-9-19)18-22-12-13-23(18)14-16-6-7-16/h1-5,12-13,16,24H,6-11,14H2/t19-,20-. The zero-order chi connectivity index (χ0) is 16.6. The van der Waals surface area contributed by atoms with Crippen LogP contribution in [-0.4, -0.2) is 14.7 Å². The minimum Gasteiger partial charge on any atom is -0.382 e. The van der Waals surface area contributed by atoms with Gasteiger partial charge in [-0.2, -0.15) is 5.26 Å². The van der Waals surface area contributed by atoms with Crippen molar-refractivity contribution in [1.29, 1.82) is 5.26 Å². The lowest BCUT2D eigenvalue weighted by Gasteiger charge is -2.40. The van der Waals surface area contributed by atoms with Crippen LogP contribution >= 0.6 is 0 Å². The van der Waals surface area contributed by atoms with Crippen LogP contribution in [0.5, 0.6) is 0 Å². The first-order chi connectivity index (χ1) is 11.7. The first kappa shape index (κ1) is 15.4. The van der Waals surface area contributed by atoms with Crippen molar-refractivity contribution in [3.8, 4) is 6.07 Å². The second kappa shape index (κ2) is 5.75. The summed E-state index contributed by atoms with van der Waals surface area (Å²) in [6.07, 6.45) is 8.83. The molecule has 2 aliphatic rings. The molecule has 0 radical (unpaired) electrons. The average Bonchev–Trinajstić information content (AvgIpc) is 3.31. The molecule has 2 saturated carbocycles. The van der Waals surface area contributed by atoms with Gasteiger partial charge in [0.25, 0.3) is 0 Å². The van der Waals surface area contributed by atoms with E-state index >= 15 is 0 Å². The van der Waals surface area contributed by atoms with Crippen LogP contribution in [0.3, 0.4) is 0 Å². The van der Waals surface area contributed by atoms with Crippen molar-refractivity contribution in [2.24, 2.45) is 5.92 Å². The maximum Gasteiger partial charge on any atom is 0.140 e. The number of aromatic nitrogens is 2. The van der Waals surface area contributed by atoms with E-state index in [4.69, 9.17) is 0 Å². The molecule has 1 heterocycles. The minimum absolute atomic E-state index is 0.485. The molecular weight excluding hydrogens is 298 g/mol. The van der Waals surface area contributed by atoms with Crippen molar-refractivity contribution in [1.82, 2.24) is 9.55 Å². The highest BCUT2D eigenvalue weighted by Crippen LogP contribution is 2.46. The van der Waals surface area contributed by atoms with E-state index in [1.54, 1.807) is 6.20 Å². The number of imidazole rings is 1. The average molecular weight is 321 g/mol. The van der Waals surface area contributed by atoms with Crippen LogP contribution in [0.1, 0.15) is 49.9 Å². The molecule has 2 aromatic rings. The van der Waals surface area contributed by atoms with E-state index in [0.29, 0.717) is 25.7 Å². The van der Waals surface area contributed by atoms with Crippen molar-refractivity contribution in [2.45, 2.75) is 56.1 Å². The lowest BCUT2D eigenvalue weighted by Crippen LogP contribution is -2.40. The Morgan fingerprint density at radius 1 is 1.17 bits per heavy atom. The molecule has 4 heteroatoms. The Bertz CT molecular complexity index is 747. The Labute approximate surface area is 142 Å². The van der Waals surface area contributed by atoms with Crippen LogP contribution in [0.15, 0.2) is 42.7 Å². The largest absolute Gasteiger partial charge is 0.382 e. The fourth-order valence-electron chi connectivity index (χ4n) is 3.98. The molecule has 1 N–H and O–H groups in total. The van der Waals surface area contributed by atoms with Crippen LogP contribution in [0, 0.1) is 17.2 Å². The van der Waals surface area contributed by atoms with Gasteiger partial charge in [-0.3, -0.25) is 0 Å². The van der Waals surface area contributed by atoms with Crippen molar-refractivity contribution in [3.63, 3.8) is 0 Å². The Balaban J connectivity index is 1.56. The van der Waals surface area contributed by atoms with E-state index < -0.39 is 11.0 Å². The molecule has 0 saturated heterocycles. The predicted octanol–water partition coefficient (Wildman–Crippen LogP) is 3.52. The molecule has 1 aromatic carbocycles. The molecular formula is C20H23N3O. The second-order valence-corrected chi connectivity index (χ2v) is 7.44. The van der Waals surface area contributed by atoms with Crippen LogP contribution in [-0.2, 0) is 17.6 Å². The maximum atomic E-state index is 11.2. The monoisotopic (exact) mass is 321 g/mol. The molecule has 0 unspecified atom stereocenters. The number of aliphatic hydroxyl groups is 1. The lowest BCUT2D eigenvalue weighted by atomic mass is 9.66. The van der Waals surface area contributed by atoms with Crippen LogP contribution < -0.4 is 0 Å². The topological polar surface area (TPSA) is 61.8 Å². The summed E-state index contributed by atoms with van der Waals surface area (Å²) < 4.78 is 2.12. The van der Waals surface area contributed by atoms with E-state index in [0.717, 1.165) is 23.9 Å². The third-order valence-corrected chi connectivity index (χ3v) is 5.75. The molecule has 0 amide bonds. The zero-order valence-corrected chi connectivity index (χ0v) is 13.9. The van der Waals surface area contributed by atoms with Crippen molar-refractivity contribution in [2.75, 3.05) is 0 Å². The molecule has 0 aliphatic heterocycles. The molecule has 1 aromatic heterocycles. The molecule has 2 aliphatic carbocycles.